The molecule has 1 heterocycles. The lowest BCUT2D eigenvalue weighted by Crippen LogP contribution is -2.23. The van der Waals surface area contributed by atoms with Gasteiger partial charge in [-0.3, -0.25) is 5.10 Å². The molecule has 0 unspecified atom stereocenters. The third kappa shape index (κ3) is 5.10. The molecule has 1 N–H and O–H groups in total. The molecule has 0 aliphatic heterocycles. The van der Waals surface area contributed by atoms with E-state index in [1.165, 1.54) is 6.08 Å². The van der Waals surface area contributed by atoms with Crippen LogP contribution in [0, 0.1) is 0 Å². The fourth-order valence-electron chi connectivity index (χ4n) is 1.84. The van der Waals surface area contributed by atoms with Crippen LogP contribution in [-0.4, -0.2) is 27.3 Å². The highest BCUT2D eigenvalue weighted by Gasteiger charge is 2.11. The summed E-state index contributed by atoms with van der Waals surface area (Å²) < 4.78 is 6.55. The second-order valence-electron chi connectivity index (χ2n) is 5.17. The Hall–Kier alpha value is -1.80. The highest BCUT2D eigenvalue weighted by Crippen LogP contribution is 2.30. The minimum absolute atomic E-state index is 0.00311. The average molecular weight is 411 g/mol. The Kier molecular flexibility index (Phi) is 6.44. The molecular weight excluding hydrogens is 394 g/mol. The van der Waals surface area contributed by atoms with E-state index < -0.39 is 5.97 Å². The van der Waals surface area contributed by atoms with Crippen molar-refractivity contribution in [1.82, 2.24) is 15.2 Å². The van der Waals surface area contributed by atoms with Gasteiger partial charge in [-0.2, -0.15) is 0 Å². The first-order chi connectivity index (χ1) is 11.4. The molecule has 1 aromatic carbocycles. The maximum Gasteiger partial charge on any atom is 0.213 e. The average Bonchev–Trinajstić information content (AvgIpc) is 2.96. The second-order valence-corrected chi connectivity index (χ2v) is 7.09. The van der Waals surface area contributed by atoms with Gasteiger partial charge in [-0.25, -0.2) is 4.98 Å². The van der Waals surface area contributed by atoms with Gasteiger partial charge in [0, 0.05) is 21.4 Å². The Morgan fingerprint density at radius 2 is 2.25 bits per heavy atom. The number of benzene rings is 1. The van der Waals surface area contributed by atoms with Crippen LogP contribution in [0.2, 0.25) is 0 Å². The quantitative estimate of drug-likeness (QED) is 0.557. The molecule has 0 atom stereocenters. The van der Waals surface area contributed by atoms with E-state index >= 15 is 0 Å². The first-order valence-electron chi connectivity index (χ1n) is 7.37. The first-order valence-corrected chi connectivity index (χ1v) is 8.98. The third-order valence-corrected chi connectivity index (χ3v) is 4.23. The van der Waals surface area contributed by atoms with E-state index in [4.69, 9.17) is 4.74 Å². The number of aliphatic carboxylic acids is 1. The number of carbonyl (C=O) groups excluding carboxylic acids is 1. The van der Waals surface area contributed by atoms with Crippen LogP contribution in [0.25, 0.3) is 6.08 Å². The summed E-state index contributed by atoms with van der Waals surface area (Å²) in [5, 5.41) is 18.6. The fourth-order valence-corrected chi connectivity index (χ4v) is 2.94. The van der Waals surface area contributed by atoms with E-state index in [1.54, 1.807) is 12.1 Å². The molecule has 2 aromatic rings. The van der Waals surface area contributed by atoms with Crippen LogP contribution < -0.4 is 9.84 Å². The molecule has 24 heavy (non-hydrogen) atoms. The first kappa shape index (κ1) is 18.5. The smallest absolute Gasteiger partial charge is 0.213 e. The number of rotatable bonds is 7. The van der Waals surface area contributed by atoms with Crippen LogP contribution in [0.15, 0.2) is 32.7 Å². The van der Waals surface area contributed by atoms with Crippen LogP contribution in [0.3, 0.4) is 0 Å². The number of aromatic nitrogens is 3. The number of aromatic amines is 1. The number of halogens is 1. The van der Waals surface area contributed by atoms with Crippen LogP contribution in [0.4, 0.5) is 0 Å². The molecule has 1 aromatic heterocycles. The van der Waals surface area contributed by atoms with Crippen molar-refractivity contribution in [2.24, 2.45) is 0 Å². The normalized spacial score (nSPS) is 11.8. The van der Waals surface area contributed by atoms with Crippen molar-refractivity contribution >= 4 is 39.7 Å². The summed E-state index contributed by atoms with van der Waals surface area (Å²) in [6, 6.07) is 5.41. The lowest BCUT2D eigenvalue weighted by Gasteiger charge is -2.14. The van der Waals surface area contributed by atoms with E-state index in [-0.39, 0.29) is 11.0 Å². The van der Waals surface area contributed by atoms with Crippen LogP contribution in [0.5, 0.6) is 5.75 Å². The van der Waals surface area contributed by atoms with Gasteiger partial charge in [-0.05, 0) is 49.9 Å². The van der Waals surface area contributed by atoms with Crippen molar-refractivity contribution in [2.75, 3.05) is 0 Å². The zero-order valence-corrected chi connectivity index (χ0v) is 15.9. The van der Waals surface area contributed by atoms with Crippen molar-refractivity contribution in [3.05, 3.63) is 39.0 Å². The Labute approximate surface area is 152 Å². The predicted molar refractivity (Wildman–Crippen MR) is 94.5 cm³/mol. The number of carboxylic acid groups (broad SMARTS) is 1. The number of nitrogens with one attached hydrogen (secondary N) is 1. The van der Waals surface area contributed by atoms with Crippen LogP contribution in [-0.2, 0) is 11.2 Å². The molecule has 0 bridgehead atoms. The maximum atomic E-state index is 11.5. The van der Waals surface area contributed by atoms with Crippen molar-refractivity contribution in [3.63, 3.8) is 0 Å². The van der Waals surface area contributed by atoms with Gasteiger partial charge in [-0.1, -0.05) is 22.9 Å². The molecule has 0 aliphatic carbocycles. The standard InChI is InChI=1S/C16H18BrN3O3S/c1-4-14-18-16(20-19-14)24-13(15(21)22)8-10-7-11(17)5-6-12(10)23-9(2)3/h5-9H,4H2,1-3H3,(H,21,22)(H,18,19,20)/p-1/b13-8-. The molecule has 0 aliphatic rings. The van der Waals surface area contributed by atoms with Crippen molar-refractivity contribution in [2.45, 2.75) is 38.5 Å². The number of thioether (sulfide) groups is 1. The van der Waals surface area contributed by atoms with Gasteiger partial charge < -0.3 is 14.6 Å². The number of aryl methyl sites for hydroxylation is 1. The van der Waals surface area contributed by atoms with E-state index in [0.717, 1.165) is 16.2 Å². The Balaban J connectivity index is 2.36. The molecule has 0 amide bonds. The van der Waals surface area contributed by atoms with Crippen molar-refractivity contribution in [1.29, 1.82) is 0 Å². The topological polar surface area (TPSA) is 90.9 Å². The predicted octanol–water partition coefficient (Wildman–Crippen LogP) is 2.80. The zero-order chi connectivity index (χ0) is 17.7. The molecule has 0 fully saturated rings. The Morgan fingerprint density at radius 3 is 2.83 bits per heavy atom. The highest BCUT2D eigenvalue weighted by atomic mass is 79.9. The van der Waals surface area contributed by atoms with Crippen LogP contribution >= 0.6 is 27.7 Å². The highest BCUT2D eigenvalue weighted by molar-refractivity contribution is 9.10. The summed E-state index contributed by atoms with van der Waals surface area (Å²) in [6.45, 7) is 5.75. The molecule has 0 radical (unpaired) electrons. The number of ether oxygens (including phenoxy) is 1. The monoisotopic (exact) mass is 410 g/mol. The van der Waals surface area contributed by atoms with Gasteiger partial charge in [0.2, 0.25) is 5.16 Å². The number of hydrogen-bond donors (Lipinski definition) is 1. The number of carboxylic acids is 1. The van der Waals surface area contributed by atoms with E-state index in [9.17, 15) is 9.90 Å². The molecule has 6 nitrogen and oxygen atoms in total. The van der Waals surface area contributed by atoms with Crippen LogP contribution in [0.1, 0.15) is 32.2 Å². The molecular formula is C16H17BrN3O3S-. The van der Waals surface area contributed by atoms with Gasteiger partial charge in [-0.15, -0.1) is 5.10 Å². The summed E-state index contributed by atoms with van der Waals surface area (Å²) in [4.78, 5) is 15.7. The molecule has 2 rings (SSSR count). The minimum Gasteiger partial charge on any atom is -0.544 e. The number of carbonyl (C=O) groups is 1. The van der Waals surface area contributed by atoms with Gasteiger partial charge in [0.05, 0.1) is 12.1 Å². The summed E-state index contributed by atoms with van der Waals surface area (Å²) in [5.41, 5.74) is 0.635. The molecule has 0 saturated heterocycles. The number of H-pyrrole nitrogens is 1. The molecule has 128 valence electrons. The molecule has 0 saturated carbocycles. The lowest BCUT2D eigenvalue weighted by molar-refractivity contribution is -0.297. The maximum absolute atomic E-state index is 11.5. The summed E-state index contributed by atoms with van der Waals surface area (Å²) in [5.74, 6) is -0.00316. The van der Waals surface area contributed by atoms with Gasteiger partial charge in [0.15, 0.2) is 0 Å². The molecule has 0 spiro atoms. The number of nitrogens with zero attached hydrogens (tertiary/aromatic N) is 2. The van der Waals surface area contributed by atoms with Crippen molar-refractivity contribution < 1.29 is 14.6 Å². The van der Waals surface area contributed by atoms with E-state index in [2.05, 4.69) is 31.1 Å². The minimum atomic E-state index is -1.29. The van der Waals surface area contributed by atoms with E-state index in [1.807, 2.05) is 26.8 Å². The van der Waals surface area contributed by atoms with Gasteiger partial charge in [0.25, 0.3) is 0 Å². The van der Waals surface area contributed by atoms with E-state index in [0.29, 0.717) is 28.7 Å². The summed E-state index contributed by atoms with van der Waals surface area (Å²) >= 11 is 4.32. The zero-order valence-electron chi connectivity index (χ0n) is 13.5. The summed E-state index contributed by atoms with van der Waals surface area (Å²) in [7, 11) is 0. The molecule has 8 heteroatoms. The SMILES string of the molecule is CCc1nc(S/C(=C\c2cc(Br)ccc2OC(C)C)C(=O)[O-])n[nH]1. The Bertz CT molecular complexity index is 759. The fraction of sp³-hybridized carbons (Fsp3) is 0.312. The largest absolute Gasteiger partial charge is 0.544 e. The van der Waals surface area contributed by atoms with Gasteiger partial charge >= 0.3 is 0 Å². The summed E-state index contributed by atoms with van der Waals surface area (Å²) in [6.07, 6.45) is 2.16. The van der Waals surface area contributed by atoms with Crippen molar-refractivity contribution in [3.8, 4) is 5.75 Å². The number of hydrogen-bond acceptors (Lipinski definition) is 6. The Morgan fingerprint density at radius 1 is 1.50 bits per heavy atom. The lowest BCUT2D eigenvalue weighted by atomic mass is 10.2. The van der Waals surface area contributed by atoms with Gasteiger partial charge in [0.1, 0.15) is 11.6 Å². The second kappa shape index (κ2) is 8.34. The third-order valence-electron chi connectivity index (χ3n) is 2.87.